The topological polar surface area (TPSA) is 84.3 Å². The van der Waals surface area contributed by atoms with Gasteiger partial charge in [-0.05, 0) is 12.1 Å². The molecule has 0 spiro atoms. The summed E-state index contributed by atoms with van der Waals surface area (Å²) in [6, 6.07) is 7.62. The number of aliphatic hydroxyl groups excluding tert-OH is 1. The summed E-state index contributed by atoms with van der Waals surface area (Å²) in [7, 11) is 0. The van der Waals surface area contributed by atoms with Crippen molar-refractivity contribution in [2.24, 2.45) is 0 Å². The van der Waals surface area contributed by atoms with Crippen molar-refractivity contribution in [3.63, 3.8) is 0 Å². The Hall–Kier alpha value is -3.06. The number of para-hydroxylation sites is 1. The molecule has 0 fully saturated rings. The largest absolute Gasteiger partial charge is 0.491 e. The molecule has 1 aliphatic heterocycles. The first-order chi connectivity index (χ1) is 12.1. The zero-order chi connectivity index (χ0) is 17.4. The van der Waals surface area contributed by atoms with Gasteiger partial charge in [0.15, 0.2) is 0 Å². The number of rotatable bonds is 2. The number of hydrogen-bond acceptors (Lipinski definition) is 5. The maximum Gasteiger partial charge on any atom is 0.258 e. The van der Waals surface area contributed by atoms with E-state index in [0.717, 1.165) is 0 Å². The van der Waals surface area contributed by atoms with Gasteiger partial charge in [-0.15, -0.1) is 0 Å². The van der Waals surface area contributed by atoms with Gasteiger partial charge in [0.2, 0.25) is 0 Å². The van der Waals surface area contributed by atoms with Crippen LogP contribution in [0.1, 0.15) is 28.4 Å². The van der Waals surface area contributed by atoms with Gasteiger partial charge in [0, 0.05) is 30.4 Å². The van der Waals surface area contributed by atoms with E-state index in [1.807, 2.05) is 0 Å². The fourth-order valence-electron chi connectivity index (χ4n) is 2.85. The highest BCUT2D eigenvalue weighted by Gasteiger charge is 2.23. The number of aliphatic hydroxyl groups is 1. The summed E-state index contributed by atoms with van der Waals surface area (Å²) in [6.07, 6.45) is 2.78. The van der Waals surface area contributed by atoms with Gasteiger partial charge >= 0.3 is 0 Å². The lowest BCUT2D eigenvalue weighted by molar-refractivity contribution is 0.101. The monoisotopic (exact) mass is 339 g/mol. The summed E-state index contributed by atoms with van der Waals surface area (Å²) in [5.74, 6) is -0.894. The van der Waals surface area contributed by atoms with Crippen LogP contribution in [-0.4, -0.2) is 27.6 Å². The van der Waals surface area contributed by atoms with Crippen LogP contribution in [0.25, 0.3) is 11.0 Å². The Morgan fingerprint density at radius 2 is 2.00 bits per heavy atom. The average molecular weight is 339 g/mol. The van der Waals surface area contributed by atoms with Crippen molar-refractivity contribution in [2.45, 2.75) is 12.5 Å². The summed E-state index contributed by atoms with van der Waals surface area (Å²) in [5.41, 5.74) is 1.66. The summed E-state index contributed by atoms with van der Waals surface area (Å²) >= 11 is 0. The number of fused-ring (bicyclic) bond motifs is 2. The fourth-order valence-corrected chi connectivity index (χ4v) is 2.85. The van der Waals surface area contributed by atoms with Crippen LogP contribution in [0.4, 0.5) is 10.1 Å². The maximum atomic E-state index is 14.3. The van der Waals surface area contributed by atoms with Crippen molar-refractivity contribution in [1.82, 2.24) is 9.97 Å². The first kappa shape index (κ1) is 15.5. The minimum atomic E-state index is -0.684. The van der Waals surface area contributed by atoms with Gasteiger partial charge in [-0.3, -0.25) is 14.8 Å². The molecular formula is C18H14FN3O3. The number of carbonyl (C=O) groups is 1. The standard InChI is InChI=1S/C18H14FN3O3/c19-12-9-15-14(20-5-6-21-15)8-11(12)18(24)22-13-3-1-2-10-16(23)4-7-25-17(10)13/h1-3,5-6,8-9,16,23H,4,7H2,(H,22,24). The summed E-state index contributed by atoms with van der Waals surface area (Å²) in [6.45, 7) is 0.348. The van der Waals surface area contributed by atoms with Gasteiger partial charge < -0.3 is 15.2 Å². The van der Waals surface area contributed by atoms with Crippen molar-refractivity contribution in [3.05, 3.63) is 59.7 Å². The third-order valence-electron chi connectivity index (χ3n) is 4.09. The average Bonchev–Trinajstić information content (AvgIpc) is 2.62. The Bertz CT molecular complexity index is 977. The highest BCUT2D eigenvalue weighted by atomic mass is 19.1. The predicted molar refractivity (Wildman–Crippen MR) is 89.0 cm³/mol. The first-order valence-electron chi connectivity index (χ1n) is 7.79. The van der Waals surface area contributed by atoms with E-state index in [1.165, 1.54) is 24.5 Å². The number of nitrogens with zero attached hydrogens (tertiary/aromatic N) is 2. The van der Waals surface area contributed by atoms with Gasteiger partial charge in [-0.2, -0.15) is 0 Å². The van der Waals surface area contributed by atoms with Crippen LogP contribution in [-0.2, 0) is 0 Å². The van der Waals surface area contributed by atoms with Crippen LogP contribution in [0.5, 0.6) is 5.75 Å². The quantitative estimate of drug-likeness (QED) is 0.750. The van der Waals surface area contributed by atoms with E-state index in [4.69, 9.17) is 4.74 Å². The lowest BCUT2D eigenvalue weighted by atomic mass is 10.0. The van der Waals surface area contributed by atoms with E-state index in [2.05, 4.69) is 15.3 Å². The highest BCUT2D eigenvalue weighted by molar-refractivity contribution is 6.06. The predicted octanol–water partition coefficient (Wildman–Crippen LogP) is 2.84. The van der Waals surface area contributed by atoms with Gasteiger partial charge in [-0.25, -0.2) is 4.39 Å². The molecule has 0 saturated heterocycles. The fraction of sp³-hybridized carbons (Fsp3) is 0.167. The van der Waals surface area contributed by atoms with Crippen molar-refractivity contribution >= 4 is 22.6 Å². The second kappa shape index (κ2) is 6.10. The molecule has 126 valence electrons. The van der Waals surface area contributed by atoms with Crippen LogP contribution in [0.3, 0.4) is 0 Å². The van der Waals surface area contributed by atoms with Gasteiger partial charge in [0.1, 0.15) is 11.6 Å². The maximum absolute atomic E-state index is 14.3. The third kappa shape index (κ3) is 2.78. The van der Waals surface area contributed by atoms with Crippen molar-refractivity contribution in [1.29, 1.82) is 0 Å². The number of carbonyl (C=O) groups excluding carboxylic acids is 1. The molecule has 6 nitrogen and oxygen atoms in total. The van der Waals surface area contributed by atoms with Gasteiger partial charge in [0.05, 0.1) is 35.0 Å². The zero-order valence-corrected chi connectivity index (χ0v) is 13.1. The second-order valence-corrected chi connectivity index (χ2v) is 5.71. The molecule has 7 heteroatoms. The molecule has 1 unspecified atom stereocenters. The molecule has 3 aromatic rings. The molecule has 1 atom stereocenters. The van der Waals surface area contributed by atoms with Gasteiger partial charge in [-0.1, -0.05) is 12.1 Å². The molecular weight excluding hydrogens is 325 g/mol. The minimum absolute atomic E-state index is 0.137. The summed E-state index contributed by atoms with van der Waals surface area (Å²) < 4.78 is 19.8. The lowest BCUT2D eigenvalue weighted by Gasteiger charge is -2.24. The Kier molecular flexibility index (Phi) is 3.77. The normalized spacial score (nSPS) is 16.2. The minimum Gasteiger partial charge on any atom is -0.491 e. The smallest absolute Gasteiger partial charge is 0.258 e. The molecule has 0 radical (unpaired) electrons. The molecule has 1 amide bonds. The summed E-state index contributed by atoms with van der Waals surface area (Å²) in [5, 5.41) is 12.7. The molecule has 0 aliphatic carbocycles. The van der Waals surface area contributed by atoms with Gasteiger partial charge in [0.25, 0.3) is 5.91 Å². The Balaban J connectivity index is 1.69. The number of ether oxygens (including phenoxy) is 1. The molecule has 2 aromatic carbocycles. The first-order valence-corrected chi connectivity index (χ1v) is 7.79. The Morgan fingerprint density at radius 1 is 1.24 bits per heavy atom. The highest BCUT2D eigenvalue weighted by Crippen LogP contribution is 2.38. The van der Waals surface area contributed by atoms with E-state index < -0.39 is 17.8 Å². The van der Waals surface area contributed by atoms with E-state index in [9.17, 15) is 14.3 Å². The number of amides is 1. The third-order valence-corrected chi connectivity index (χ3v) is 4.09. The van der Waals surface area contributed by atoms with Crippen LogP contribution in [0.2, 0.25) is 0 Å². The van der Waals surface area contributed by atoms with Crippen molar-refractivity contribution in [3.8, 4) is 5.75 Å². The van der Waals surface area contributed by atoms with E-state index in [-0.39, 0.29) is 5.56 Å². The van der Waals surface area contributed by atoms with E-state index in [0.29, 0.717) is 41.1 Å². The molecule has 4 rings (SSSR count). The van der Waals surface area contributed by atoms with Crippen LogP contribution in [0.15, 0.2) is 42.7 Å². The molecule has 2 heterocycles. The van der Waals surface area contributed by atoms with E-state index in [1.54, 1.807) is 18.2 Å². The molecule has 0 saturated carbocycles. The molecule has 1 aromatic heterocycles. The molecule has 0 bridgehead atoms. The number of aromatic nitrogens is 2. The Labute approximate surface area is 142 Å². The number of anilines is 1. The number of hydrogen-bond donors (Lipinski definition) is 2. The number of halogens is 1. The zero-order valence-electron chi connectivity index (χ0n) is 13.1. The Morgan fingerprint density at radius 3 is 2.80 bits per heavy atom. The van der Waals surface area contributed by atoms with E-state index >= 15 is 0 Å². The summed E-state index contributed by atoms with van der Waals surface area (Å²) in [4.78, 5) is 20.6. The number of nitrogens with one attached hydrogen (secondary N) is 1. The van der Waals surface area contributed by atoms with Crippen LogP contribution < -0.4 is 10.1 Å². The van der Waals surface area contributed by atoms with Crippen LogP contribution in [0, 0.1) is 5.82 Å². The van der Waals surface area contributed by atoms with Crippen molar-refractivity contribution in [2.75, 3.05) is 11.9 Å². The SMILES string of the molecule is O=C(Nc1cccc2c1OCCC2O)c1cc2nccnc2cc1F. The van der Waals surface area contributed by atoms with Crippen molar-refractivity contribution < 1.29 is 19.0 Å². The second-order valence-electron chi connectivity index (χ2n) is 5.71. The van der Waals surface area contributed by atoms with Crippen LogP contribution >= 0.6 is 0 Å². The molecule has 1 aliphatic rings. The molecule has 2 N–H and O–H groups in total. The number of benzene rings is 2. The molecule has 25 heavy (non-hydrogen) atoms. The lowest BCUT2D eigenvalue weighted by Crippen LogP contribution is -2.19.